The molecule has 1 aliphatic carbocycles. The normalized spacial score (nSPS) is 17.2. The van der Waals surface area contributed by atoms with Crippen molar-refractivity contribution in [1.82, 2.24) is 5.32 Å². The van der Waals surface area contributed by atoms with E-state index in [0.29, 0.717) is 19.5 Å². The zero-order valence-corrected chi connectivity index (χ0v) is 12.8. The SMILES string of the molecule is NCC1(CC(=O)NCCc2ccc(Br)s2)CCC1. The highest BCUT2D eigenvalue weighted by atomic mass is 79.9. The summed E-state index contributed by atoms with van der Waals surface area (Å²) in [5.74, 6) is 0.149. The van der Waals surface area contributed by atoms with Crippen molar-refractivity contribution in [2.75, 3.05) is 13.1 Å². The van der Waals surface area contributed by atoms with E-state index in [2.05, 4.69) is 27.3 Å². The minimum absolute atomic E-state index is 0.107. The molecule has 3 nitrogen and oxygen atoms in total. The van der Waals surface area contributed by atoms with Gasteiger partial charge in [-0.25, -0.2) is 0 Å². The summed E-state index contributed by atoms with van der Waals surface area (Å²) < 4.78 is 1.14. The molecule has 2 rings (SSSR count). The molecule has 0 aliphatic heterocycles. The lowest BCUT2D eigenvalue weighted by atomic mass is 9.66. The summed E-state index contributed by atoms with van der Waals surface area (Å²) in [6, 6.07) is 4.13. The third kappa shape index (κ3) is 3.56. The minimum atomic E-state index is 0.107. The van der Waals surface area contributed by atoms with Crippen LogP contribution in [0.3, 0.4) is 0 Å². The van der Waals surface area contributed by atoms with Gasteiger partial charge in [0.2, 0.25) is 5.91 Å². The van der Waals surface area contributed by atoms with E-state index in [0.717, 1.165) is 23.0 Å². The van der Waals surface area contributed by atoms with Gasteiger partial charge >= 0.3 is 0 Å². The first-order valence-electron chi connectivity index (χ1n) is 6.35. The Labute approximate surface area is 120 Å². The second-order valence-electron chi connectivity index (χ2n) is 5.04. The Morgan fingerprint density at radius 3 is 2.78 bits per heavy atom. The Kier molecular flexibility index (Phi) is 4.81. The van der Waals surface area contributed by atoms with Crippen molar-refractivity contribution < 1.29 is 4.79 Å². The number of nitrogens with one attached hydrogen (secondary N) is 1. The lowest BCUT2D eigenvalue weighted by molar-refractivity contribution is -0.124. The molecule has 1 saturated carbocycles. The van der Waals surface area contributed by atoms with Crippen molar-refractivity contribution in [2.45, 2.75) is 32.1 Å². The Hall–Kier alpha value is -0.390. The number of halogens is 1. The summed E-state index contributed by atoms with van der Waals surface area (Å²) in [5, 5.41) is 3.00. The summed E-state index contributed by atoms with van der Waals surface area (Å²) in [7, 11) is 0. The van der Waals surface area contributed by atoms with Crippen LogP contribution in [-0.2, 0) is 11.2 Å². The summed E-state index contributed by atoms with van der Waals surface area (Å²) in [4.78, 5) is 13.1. The van der Waals surface area contributed by atoms with E-state index in [1.54, 1.807) is 11.3 Å². The number of carbonyl (C=O) groups is 1. The molecule has 1 heterocycles. The average molecular weight is 331 g/mol. The number of carbonyl (C=O) groups excluding carboxylic acids is 1. The Morgan fingerprint density at radius 2 is 2.28 bits per heavy atom. The summed E-state index contributed by atoms with van der Waals surface area (Å²) >= 11 is 5.15. The van der Waals surface area contributed by atoms with Crippen LogP contribution in [0.5, 0.6) is 0 Å². The summed E-state index contributed by atoms with van der Waals surface area (Å²) in [6.07, 6.45) is 4.92. The first-order valence-corrected chi connectivity index (χ1v) is 7.95. The number of rotatable bonds is 6. The molecule has 1 fully saturated rings. The first-order chi connectivity index (χ1) is 8.63. The molecule has 0 aromatic carbocycles. The van der Waals surface area contributed by atoms with Crippen molar-refractivity contribution in [3.8, 4) is 0 Å². The molecule has 3 N–H and O–H groups in total. The molecule has 100 valence electrons. The molecule has 0 spiro atoms. The molecule has 1 aliphatic rings. The molecule has 1 aromatic heterocycles. The maximum atomic E-state index is 11.8. The Balaban J connectivity index is 1.69. The minimum Gasteiger partial charge on any atom is -0.356 e. The molecule has 0 atom stereocenters. The van der Waals surface area contributed by atoms with Crippen LogP contribution in [0.2, 0.25) is 0 Å². The summed E-state index contributed by atoms with van der Waals surface area (Å²) in [6.45, 7) is 1.35. The van der Waals surface area contributed by atoms with Gasteiger partial charge in [-0.3, -0.25) is 4.79 Å². The van der Waals surface area contributed by atoms with Crippen molar-refractivity contribution in [3.05, 3.63) is 20.8 Å². The highest BCUT2D eigenvalue weighted by Crippen LogP contribution is 2.42. The van der Waals surface area contributed by atoms with Crippen molar-refractivity contribution >= 4 is 33.2 Å². The van der Waals surface area contributed by atoms with Gasteiger partial charge < -0.3 is 11.1 Å². The fourth-order valence-electron chi connectivity index (χ4n) is 2.34. The van der Waals surface area contributed by atoms with E-state index in [1.165, 1.54) is 11.3 Å². The van der Waals surface area contributed by atoms with Gasteiger partial charge in [0.1, 0.15) is 0 Å². The monoisotopic (exact) mass is 330 g/mol. The number of hydrogen-bond donors (Lipinski definition) is 2. The van der Waals surface area contributed by atoms with Crippen LogP contribution in [0.4, 0.5) is 0 Å². The number of amides is 1. The van der Waals surface area contributed by atoms with Crippen LogP contribution < -0.4 is 11.1 Å². The quantitative estimate of drug-likeness (QED) is 0.842. The highest BCUT2D eigenvalue weighted by Gasteiger charge is 2.37. The van der Waals surface area contributed by atoms with Crippen LogP contribution in [0.15, 0.2) is 15.9 Å². The second-order valence-corrected chi connectivity index (χ2v) is 7.59. The lowest BCUT2D eigenvalue weighted by Gasteiger charge is -2.40. The van der Waals surface area contributed by atoms with Crippen molar-refractivity contribution in [3.63, 3.8) is 0 Å². The predicted octanol–water partition coefficient (Wildman–Crippen LogP) is 2.69. The molecule has 5 heteroatoms. The topological polar surface area (TPSA) is 55.1 Å². The third-order valence-corrected chi connectivity index (χ3v) is 5.39. The maximum Gasteiger partial charge on any atom is 0.220 e. The van der Waals surface area contributed by atoms with E-state index in [1.807, 2.05) is 6.07 Å². The van der Waals surface area contributed by atoms with Crippen LogP contribution in [-0.4, -0.2) is 19.0 Å². The van der Waals surface area contributed by atoms with Gasteiger partial charge in [-0.2, -0.15) is 0 Å². The Morgan fingerprint density at radius 1 is 1.50 bits per heavy atom. The second kappa shape index (κ2) is 6.17. The zero-order chi connectivity index (χ0) is 13.0. The number of nitrogens with two attached hydrogens (primary N) is 1. The molecule has 0 saturated heterocycles. The molecule has 0 bridgehead atoms. The van der Waals surface area contributed by atoms with Gasteiger partial charge in [0.15, 0.2) is 0 Å². The smallest absolute Gasteiger partial charge is 0.220 e. The molecular formula is C13H19BrN2OS. The van der Waals surface area contributed by atoms with Crippen LogP contribution in [0.1, 0.15) is 30.6 Å². The average Bonchev–Trinajstić information content (AvgIpc) is 2.70. The van der Waals surface area contributed by atoms with Gasteiger partial charge in [-0.1, -0.05) is 6.42 Å². The lowest BCUT2D eigenvalue weighted by Crippen LogP contribution is -2.42. The van der Waals surface area contributed by atoms with Crippen molar-refractivity contribution in [1.29, 1.82) is 0 Å². The highest BCUT2D eigenvalue weighted by molar-refractivity contribution is 9.11. The number of thiophene rings is 1. The van der Waals surface area contributed by atoms with Crippen LogP contribution in [0.25, 0.3) is 0 Å². The molecule has 1 amide bonds. The predicted molar refractivity (Wildman–Crippen MR) is 78.7 cm³/mol. The zero-order valence-electron chi connectivity index (χ0n) is 10.4. The summed E-state index contributed by atoms with van der Waals surface area (Å²) in [5.41, 5.74) is 5.86. The Bertz CT molecular complexity index is 409. The van der Waals surface area contributed by atoms with Gasteiger partial charge in [0.25, 0.3) is 0 Å². The van der Waals surface area contributed by atoms with Gasteiger partial charge in [-0.05, 0) is 59.3 Å². The molecule has 0 unspecified atom stereocenters. The van der Waals surface area contributed by atoms with E-state index >= 15 is 0 Å². The molecule has 18 heavy (non-hydrogen) atoms. The fraction of sp³-hybridized carbons (Fsp3) is 0.615. The van der Waals surface area contributed by atoms with Gasteiger partial charge in [-0.15, -0.1) is 11.3 Å². The molecule has 1 aromatic rings. The van der Waals surface area contributed by atoms with E-state index in [9.17, 15) is 4.79 Å². The standard InChI is InChI=1S/C13H19BrN2OS/c14-11-3-2-10(18-11)4-7-16-12(17)8-13(9-15)5-1-6-13/h2-3H,1,4-9,15H2,(H,16,17). The largest absolute Gasteiger partial charge is 0.356 e. The first kappa shape index (κ1) is 14.0. The third-order valence-electron chi connectivity index (χ3n) is 3.71. The van der Waals surface area contributed by atoms with Crippen LogP contribution >= 0.6 is 27.3 Å². The fourth-order valence-corrected chi connectivity index (χ4v) is 3.83. The van der Waals surface area contributed by atoms with Gasteiger partial charge in [0, 0.05) is 17.8 Å². The van der Waals surface area contributed by atoms with Crippen molar-refractivity contribution in [2.24, 2.45) is 11.1 Å². The van der Waals surface area contributed by atoms with E-state index in [4.69, 9.17) is 5.73 Å². The van der Waals surface area contributed by atoms with Crippen LogP contribution in [0, 0.1) is 5.41 Å². The maximum absolute atomic E-state index is 11.8. The van der Waals surface area contributed by atoms with E-state index < -0.39 is 0 Å². The van der Waals surface area contributed by atoms with E-state index in [-0.39, 0.29) is 11.3 Å². The number of hydrogen-bond acceptors (Lipinski definition) is 3. The van der Waals surface area contributed by atoms with Gasteiger partial charge in [0.05, 0.1) is 3.79 Å². The molecule has 0 radical (unpaired) electrons. The molecular weight excluding hydrogens is 312 g/mol.